The number of benzene rings is 1. The maximum Gasteiger partial charge on any atom is 0.167 e. The lowest BCUT2D eigenvalue weighted by Gasteiger charge is -2.33. The van der Waals surface area contributed by atoms with E-state index in [4.69, 9.17) is 4.52 Å². The fourth-order valence-electron chi connectivity index (χ4n) is 2.45. The maximum atomic E-state index is 5.44. The number of rotatable bonds is 3. The Morgan fingerprint density at radius 2 is 2.21 bits per heavy atom. The first-order chi connectivity index (χ1) is 9.33. The van der Waals surface area contributed by atoms with Crippen LogP contribution in [0.2, 0.25) is 0 Å². The van der Waals surface area contributed by atoms with Gasteiger partial charge in [0.15, 0.2) is 5.76 Å². The van der Waals surface area contributed by atoms with E-state index in [1.165, 1.54) is 0 Å². The van der Waals surface area contributed by atoms with Crippen molar-refractivity contribution in [1.82, 2.24) is 15.4 Å². The van der Waals surface area contributed by atoms with E-state index in [9.17, 15) is 0 Å². The standard InChI is InChI=1S/C15H19N3O/c1-12-10-16-7-8-18(12)11-14-9-15(19-17-14)13-5-3-2-4-6-13/h2-6,9,12,16H,7-8,10-11H2,1H3/t12-/m1/s1. The van der Waals surface area contributed by atoms with Crippen LogP contribution >= 0.6 is 0 Å². The van der Waals surface area contributed by atoms with Crippen molar-refractivity contribution in [2.75, 3.05) is 19.6 Å². The number of nitrogens with zero attached hydrogens (tertiary/aromatic N) is 2. The average molecular weight is 257 g/mol. The first kappa shape index (κ1) is 12.4. The molecule has 19 heavy (non-hydrogen) atoms. The average Bonchev–Trinajstić information content (AvgIpc) is 2.91. The Morgan fingerprint density at radius 3 is 3.00 bits per heavy atom. The molecule has 3 rings (SSSR count). The van der Waals surface area contributed by atoms with Gasteiger partial charge in [0.2, 0.25) is 0 Å². The van der Waals surface area contributed by atoms with Crippen LogP contribution in [-0.2, 0) is 6.54 Å². The van der Waals surface area contributed by atoms with Gasteiger partial charge in [-0.2, -0.15) is 0 Å². The summed E-state index contributed by atoms with van der Waals surface area (Å²) >= 11 is 0. The molecule has 100 valence electrons. The van der Waals surface area contributed by atoms with Gasteiger partial charge in [-0.25, -0.2) is 0 Å². The van der Waals surface area contributed by atoms with E-state index in [0.717, 1.165) is 43.2 Å². The second-order valence-electron chi connectivity index (χ2n) is 5.07. The first-order valence-electron chi connectivity index (χ1n) is 6.79. The summed E-state index contributed by atoms with van der Waals surface area (Å²) in [6.07, 6.45) is 0. The topological polar surface area (TPSA) is 41.3 Å². The Kier molecular flexibility index (Phi) is 3.62. The van der Waals surface area contributed by atoms with E-state index < -0.39 is 0 Å². The van der Waals surface area contributed by atoms with Crippen molar-refractivity contribution in [3.8, 4) is 11.3 Å². The van der Waals surface area contributed by atoms with E-state index in [1.54, 1.807) is 0 Å². The highest BCUT2D eigenvalue weighted by Gasteiger charge is 2.19. The van der Waals surface area contributed by atoms with Crippen LogP contribution < -0.4 is 5.32 Å². The molecular weight excluding hydrogens is 238 g/mol. The predicted molar refractivity (Wildman–Crippen MR) is 74.7 cm³/mol. The van der Waals surface area contributed by atoms with Crippen LogP contribution in [0.5, 0.6) is 0 Å². The molecule has 0 bridgehead atoms. The molecular formula is C15H19N3O. The fraction of sp³-hybridized carbons (Fsp3) is 0.400. The highest BCUT2D eigenvalue weighted by atomic mass is 16.5. The van der Waals surface area contributed by atoms with Crippen molar-refractivity contribution in [3.05, 3.63) is 42.1 Å². The SMILES string of the molecule is C[C@@H]1CNCCN1Cc1cc(-c2ccccc2)on1. The monoisotopic (exact) mass is 257 g/mol. The molecule has 0 radical (unpaired) electrons. The van der Waals surface area contributed by atoms with Crippen molar-refractivity contribution in [2.24, 2.45) is 0 Å². The highest BCUT2D eigenvalue weighted by molar-refractivity contribution is 5.56. The zero-order chi connectivity index (χ0) is 13.1. The second-order valence-corrected chi connectivity index (χ2v) is 5.07. The Hall–Kier alpha value is -1.65. The van der Waals surface area contributed by atoms with Crippen molar-refractivity contribution in [2.45, 2.75) is 19.5 Å². The minimum absolute atomic E-state index is 0.547. The molecule has 0 saturated carbocycles. The molecule has 0 unspecified atom stereocenters. The van der Waals surface area contributed by atoms with Gasteiger partial charge in [-0.15, -0.1) is 0 Å². The minimum atomic E-state index is 0.547. The van der Waals surface area contributed by atoms with E-state index in [-0.39, 0.29) is 0 Å². The van der Waals surface area contributed by atoms with E-state index >= 15 is 0 Å². The summed E-state index contributed by atoms with van der Waals surface area (Å²) in [5.74, 6) is 0.846. The van der Waals surface area contributed by atoms with E-state index in [1.807, 2.05) is 36.4 Å². The largest absolute Gasteiger partial charge is 0.356 e. The van der Waals surface area contributed by atoms with Gasteiger partial charge < -0.3 is 9.84 Å². The Bertz CT molecular complexity index is 523. The van der Waals surface area contributed by atoms with Crippen LogP contribution in [0.1, 0.15) is 12.6 Å². The van der Waals surface area contributed by atoms with Gasteiger partial charge in [-0.05, 0) is 6.92 Å². The maximum absolute atomic E-state index is 5.44. The Labute approximate surface area is 113 Å². The van der Waals surface area contributed by atoms with E-state index in [0.29, 0.717) is 6.04 Å². The molecule has 0 spiro atoms. The zero-order valence-corrected chi connectivity index (χ0v) is 11.2. The normalized spacial score (nSPS) is 20.6. The van der Waals surface area contributed by atoms with Gasteiger partial charge in [0.05, 0.1) is 5.69 Å². The smallest absolute Gasteiger partial charge is 0.167 e. The van der Waals surface area contributed by atoms with Crippen LogP contribution in [0.3, 0.4) is 0 Å². The number of piperazine rings is 1. The molecule has 1 N–H and O–H groups in total. The van der Waals surface area contributed by atoms with Crippen LogP contribution in [-0.4, -0.2) is 35.7 Å². The predicted octanol–water partition coefficient (Wildman–Crippen LogP) is 2.14. The summed E-state index contributed by atoms with van der Waals surface area (Å²) < 4.78 is 5.44. The molecule has 1 saturated heterocycles. The lowest BCUT2D eigenvalue weighted by atomic mass is 10.1. The third-order valence-corrected chi connectivity index (χ3v) is 3.62. The van der Waals surface area contributed by atoms with Crippen molar-refractivity contribution >= 4 is 0 Å². The van der Waals surface area contributed by atoms with Gasteiger partial charge in [0.1, 0.15) is 0 Å². The summed E-state index contributed by atoms with van der Waals surface area (Å²) in [5.41, 5.74) is 2.09. The molecule has 2 aromatic rings. The molecule has 4 heteroatoms. The van der Waals surface area contributed by atoms with Crippen molar-refractivity contribution < 1.29 is 4.52 Å². The minimum Gasteiger partial charge on any atom is -0.356 e. The number of hydrogen-bond donors (Lipinski definition) is 1. The number of hydrogen-bond acceptors (Lipinski definition) is 4. The van der Waals surface area contributed by atoms with Crippen LogP contribution in [0.25, 0.3) is 11.3 Å². The molecule has 1 aromatic heterocycles. The lowest BCUT2D eigenvalue weighted by molar-refractivity contribution is 0.161. The third kappa shape index (κ3) is 2.85. The molecule has 4 nitrogen and oxygen atoms in total. The van der Waals surface area contributed by atoms with Gasteiger partial charge in [0.25, 0.3) is 0 Å². The Morgan fingerprint density at radius 1 is 1.37 bits per heavy atom. The lowest BCUT2D eigenvalue weighted by Crippen LogP contribution is -2.49. The number of aromatic nitrogens is 1. The zero-order valence-electron chi connectivity index (χ0n) is 11.2. The van der Waals surface area contributed by atoms with Gasteiger partial charge in [-0.3, -0.25) is 4.90 Å². The second kappa shape index (κ2) is 5.55. The van der Waals surface area contributed by atoms with Crippen LogP contribution in [0, 0.1) is 0 Å². The molecule has 1 atom stereocenters. The quantitative estimate of drug-likeness (QED) is 0.914. The van der Waals surface area contributed by atoms with Crippen LogP contribution in [0.4, 0.5) is 0 Å². The summed E-state index contributed by atoms with van der Waals surface area (Å²) in [5, 5.41) is 7.58. The van der Waals surface area contributed by atoms with Crippen molar-refractivity contribution in [3.63, 3.8) is 0 Å². The Balaban J connectivity index is 1.71. The molecule has 0 amide bonds. The van der Waals surface area contributed by atoms with Gasteiger partial charge in [0, 0.05) is 43.9 Å². The summed E-state index contributed by atoms with van der Waals surface area (Å²) in [6, 6.07) is 12.7. The molecule has 0 aliphatic carbocycles. The molecule has 1 aliphatic rings. The fourth-order valence-corrected chi connectivity index (χ4v) is 2.45. The van der Waals surface area contributed by atoms with E-state index in [2.05, 4.69) is 22.3 Å². The summed E-state index contributed by atoms with van der Waals surface area (Å²) in [4.78, 5) is 2.43. The first-order valence-corrected chi connectivity index (χ1v) is 6.79. The molecule has 1 fully saturated rings. The molecule has 2 heterocycles. The highest BCUT2D eigenvalue weighted by Crippen LogP contribution is 2.20. The van der Waals surface area contributed by atoms with Gasteiger partial charge in [-0.1, -0.05) is 35.5 Å². The molecule has 1 aliphatic heterocycles. The van der Waals surface area contributed by atoms with Gasteiger partial charge >= 0.3 is 0 Å². The van der Waals surface area contributed by atoms with Crippen LogP contribution in [0.15, 0.2) is 40.9 Å². The summed E-state index contributed by atoms with van der Waals surface area (Å²) in [6.45, 7) is 6.26. The number of nitrogens with one attached hydrogen (secondary N) is 1. The summed E-state index contributed by atoms with van der Waals surface area (Å²) in [7, 11) is 0. The molecule has 1 aromatic carbocycles. The van der Waals surface area contributed by atoms with Crippen molar-refractivity contribution in [1.29, 1.82) is 0 Å². The third-order valence-electron chi connectivity index (χ3n) is 3.62.